The third kappa shape index (κ3) is 3.39. The molecule has 0 amide bonds. The number of benzene rings is 2. The minimum absolute atomic E-state index is 0.00914. The Morgan fingerprint density at radius 3 is 2.53 bits per heavy atom. The van der Waals surface area contributed by atoms with Gasteiger partial charge in [0.25, 0.3) is 0 Å². The van der Waals surface area contributed by atoms with Gasteiger partial charge in [-0.25, -0.2) is 8.78 Å². The lowest BCUT2D eigenvalue weighted by atomic mass is 10.2. The first-order chi connectivity index (χ1) is 8.97. The van der Waals surface area contributed by atoms with E-state index in [0.29, 0.717) is 10.2 Å². The van der Waals surface area contributed by atoms with Gasteiger partial charge >= 0.3 is 0 Å². The summed E-state index contributed by atoms with van der Waals surface area (Å²) in [7, 11) is -1.58. The zero-order chi connectivity index (χ0) is 14.0. The quantitative estimate of drug-likeness (QED) is 0.863. The van der Waals surface area contributed by atoms with Crippen LogP contribution in [0.5, 0.6) is 0 Å². The van der Waals surface area contributed by atoms with Crippen molar-refractivity contribution in [1.29, 1.82) is 0 Å². The van der Waals surface area contributed by atoms with Gasteiger partial charge in [0, 0.05) is 16.2 Å². The lowest BCUT2D eigenvalue weighted by Gasteiger charge is -2.07. The van der Waals surface area contributed by atoms with Gasteiger partial charge in [0.15, 0.2) is 0 Å². The normalized spacial score (nSPS) is 12.4. The smallest absolute Gasteiger partial charge is 0.142 e. The summed E-state index contributed by atoms with van der Waals surface area (Å²) < 4.78 is 39.1. The molecule has 1 unspecified atom stereocenters. The van der Waals surface area contributed by atoms with Gasteiger partial charge in [-0.05, 0) is 29.8 Å². The van der Waals surface area contributed by atoms with E-state index in [1.807, 2.05) is 0 Å². The summed E-state index contributed by atoms with van der Waals surface area (Å²) in [5, 5.41) is 0. The van der Waals surface area contributed by atoms with Crippen LogP contribution in [0, 0.1) is 11.6 Å². The molecule has 0 aromatic heterocycles. The van der Waals surface area contributed by atoms with Crippen LogP contribution in [0.15, 0.2) is 45.8 Å². The molecule has 0 heterocycles. The molecule has 6 heteroatoms. The average molecular weight is 346 g/mol. The maximum absolute atomic E-state index is 13.5. The molecule has 0 saturated carbocycles. The fourth-order valence-electron chi connectivity index (χ4n) is 1.56. The molecule has 2 N–H and O–H groups in total. The van der Waals surface area contributed by atoms with Crippen molar-refractivity contribution in [3.05, 3.63) is 58.1 Å². The Bertz CT molecular complexity index is 649. The highest BCUT2D eigenvalue weighted by Crippen LogP contribution is 2.24. The summed E-state index contributed by atoms with van der Waals surface area (Å²) in [5.74, 6) is -1.36. The van der Waals surface area contributed by atoms with Crippen molar-refractivity contribution in [2.45, 2.75) is 10.6 Å². The van der Waals surface area contributed by atoms with Gasteiger partial charge in [-0.15, -0.1) is 0 Å². The predicted molar refractivity (Wildman–Crippen MR) is 75.0 cm³/mol. The van der Waals surface area contributed by atoms with E-state index in [1.165, 1.54) is 6.07 Å². The molecule has 0 aliphatic rings. The Kier molecular flexibility index (Phi) is 4.31. The molecule has 19 heavy (non-hydrogen) atoms. The van der Waals surface area contributed by atoms with Crippen LogP contribution in [-0.4, -0.2) is 4.21 Å². The second kappa shape index (κ2) is 5.79. The van der Waals surface area contributed by atoms with Crippen LogP contribution in [0.1, 0.15) is 5.56 Å². The van der Waals surface area contributed by atoms with Crippen LogP contribution in [0.25, 0.3) is 0 Å². The van der Waals surface area contributed by atoms with Crippen molar-refractivity contribution in [3.63, 3.8) is 0 Å². The molecule has 100 valence electrons. The van der Waals surface area contributed by atoms with E-state index in [0.717, 1.165) is 17.7 Å². The summed E-state index contributed by atoms with van der Waals surface area (Å²) in [5.41, 5.74) is 6.93. The number of rotatable bonds is 3. The van der Waals surface area contributed by atoms with Crippen LogP contribution in [0.2, 0.25) is 0 Å². The molecular formula is C13H10BrF2NOS. The Balaban J connectivity index is 2.25. The third-order valence-corrected chi connectivity index (χ3v) is 4.64. The summed E-state index contributed by atoms with van der Waals surface area (Å²) >= 11 is 3.31. The minimum Gasteiger partial charge on any atom is -0.399 e. The standard InChI is InChI=1S/C13H10BrF2NOS/c14-11-6-10(17)3-1-8(11)7-19(18)13-4-2-9(15)5-12(13)16/h1-6H,7,17H2. The molecule has 1 atom stereocenters. The van der Waals surface area contributed by atoms with E-state index < -0.39 is 22.4 Å². The van der Waals surface area contributed by atoms with Crippen molar-refractivity contribution < 1.29 is 13.0 Å². The molecule has 0 bridgehead atoms. The van der Waals surface area contributed by atoms with Gasteiger partial charge in [0.05, 0.1) is 21.4 Å². The van der Waals surface area contributed by atoms with Gasteiger partial charge in [-0.2, -0.15) is 0 Å². The topological polar surface area (TPSA) is 43.1 Å². The number of halogens is 3. The summed E-state index contributed by atoms with van der Waals surface area (Å²) in [6.45, 7) is 0. The molecule has 0 spiro atoms. The number of hydrogen-bond acceptors (Lipinski definition) is 2. The van der Waals surface area contributed by atoms with Crippen LogP contribution >= 0.6 is 15.9 Å². The van der Waals surface area contributed by atoms with Crippen molar-refractivity contribution >= 4 is 32.4 Å². The predicted octanol–water partition coefficient (Wildman–Crippen LogP) is 3.62. The highest BCUT2D eigenvalue weighted by Gasteiger charge is 2.13. The van der Waals surface area contributed by atoms with Gasteiger partial charge < -0.3 is 5.73 Å². The van der Waals surface area contributed by atoms with E-state index in [2.05, 4.69) is 15.9 Å². The molecule has 2 aromatic carbocycles. The van der Waals surface area contributed by atoms with Crippen LogP contribution < -0.4 is 5.73 Å². The SMILES string of the molecule is Nc1ccc(CS(=O)c2ccc(F)cc2F)c(Br)c1. The number of nitrogen functional groups attached to an aromatic ring is 1. The van der Waals surface area contributed by atoms with Gasteiger partial charge in [0.2, 0.25) is 0 Å². The zero-order valence-electron chi connectivity index (χ0n) is 9.70. The Hall–Kier alpha value is -1.27. The van der Waals surface area contributed by atoms with Gasteiger partial charge in [0.1, 0.15) is 11.6 Å². The fourth-order valence-corrected chi connectivity index (χ4v) is 3.47. The minimum atomic E-state index is -1.58. The Morgan fingerprint density at radius 2 is 1.89 bits per heavy atom. The fraction of sp³-hybridized carbons (Fsp3) is 0.0769. The molecule has 0 fully saturated rings. The third-order valence-electron chi connectivity index (χ3n) is 2.50. The van der Waals surface area contributed by atoms with Crippen molar-refractivity contribution in [2.75, 3.05) is 5.73 Å². The van der Waals surface area contributed by atoms with Gasteiger partial charge in [-0.3, -0.25) is 4.21 Å². The number of hydrogen-bond donors (Lipinski definition) is 1. The van der Waals surface area contributed by atoms with Crippen LogP contribution in [-0.2, 0) is 16.6 Å². The maximum atomic E-state index is 13.5. The second-order valence-electron chi connectivity index (χ2n) is 3.92. The molecule has 2 aromatic rings. The Morgan fingerprint density at radius 1 is 1.16 bits per heavy atom. The molecule has 0 aliphatic carbocycles. The van der Waals surface area contributed by atoms with Crippen molar-refractivity contribution in [1.82, 2.24) is 0 Å². The second-order valence-corrected chi connectivity index (χ2v) is 6.19. The first kappa shape index (κ1) is 14.1. The molecule has 0 aliphatic heterocycles. The number of anilines is 1. The molecule has 2 rings (SSSR count). The molecule has 2 nitrogen and oxygen atoms in total. The van der Waals surface area contributed by atoms with E-state index in [1.54, 1.807) is 18.2 Å². The van der Waals surface area contributed by atoms with Crippen molar-refractivity contribution in [2.24, 2.45) is 0 Å². The van der Waals surface area contributed by atoms with Gasteiger partial charge in [-0.1, -0.05) is 22.0 Å². The van der Waals surface area contributed by atoms with E-state index in [-0.39, 0.29) is 10.6 Å². The summed E-state index contributed by atoms with van der Waals surface area (Å²) in [6.07, 6.45) is 0. The Labute approximate surface area is 120 Å². The van der Waals surface area contributed by atoms with Crippen LogP contribution in [0.4, 0.5) is 14.5 Å². The van der Waals surface area contributed by atoms with E-state index in [9.17, 15) is 13.0 Å². The summed E-state index contributed by atoms with van der Waals surface area (Å²) in [6, 6.07) is 8.11. The first-order valence-corrected chi connectivity index (χ1v) is 7.46. The van der Waals surface area contributed by atoms with Crippen molar-refractivity contribution in [3.8, 4) is 0 Å². The van der Waals surface area contributed by atoms with Crippen LogP contribution in [0.3, 0.4) is 0 Å². The van der Waals surface area contributed by atoms with E-state index in [4.69, 9.17) is 5.73 Å². The van der Waals surface area contributed by atoms with E-state index >= 15 is 0 Å². The molecular weight excluding hydrogens is 336 g/mol. The zero-order valence-corrected chi connectivity index (χ0v) is 12.1. The lowest BCUT2D eigenvalue weighted by Crippen LogP contribution is -2.01. The number of nitrogens with two attached hydrogens (primary N) is 1. The average Bonchev–Trinajstić information content (AvgIpc) is 2.32. The first-order valence-electron chi connectivity index (χ1n) is 5.34. The molecule has 0 radical (unpaired) electrons. The largest absolute Gasteiger partial charge is 0.399 e. The highest BCUT2D eigenvalue weighted by atomic mass is 79.9. The maximum Gasteiger partial charge on any atom is 0.142 e. The highest BCUT2D eigenvalue weighted by molar-refractivity contribution is 9.10. The monoisotopic (exact) mass is 345 g/mol. The lowest BCUT2D eigenvalue weighted by molar-refractivity contribution is 0.562. The molecule has 0 saturated heterocycles. The summed E-state index contributed by atoms with van der Waals surface area (Å²) in [4.78, 5) is -0.00914.